The molecule has 1 saturated carbocycles. The molecule has 0 aliphatic heterocycles. The van der Waals surface area contributed by atoms with E-state index < -0.39 is 4.32 Å². The summed E-state index contributed by atoms with van der Waals surface area (Å²) in [5, 5.41) is 18.2. The summed E-state index contributed by atoms with van der Waals surface area (Å²) in [4.78, 5) is 0. The van der Waals surface area contributed by atoms with Gasteiger partial charge in [0.2, 0.25) is 0 Å². The second-order valence-corrected chi connectivity index (χ2v) is 7.01. The van der Waals surface area contributed by atoms with E-state index in [-0.39, 0.29) is 5.41 Å². The Morgan fingerprint density at radius 2 is 1.84 bits per heavy atom. The molecule has 3 rings (SSSR count). The average Bonchev–Trinajstić information content (AvgIpc) is 2.46. The number of hydrogen-bond donors (Lipinski definition) is 1. The van der Waals surface area contributed by atoms with Gasteiger partial charge < -0.3 is 5.41 Å². The minimum Gasteiger partial charge on any atom is -0.302 e. The molecule has 2 aliphatic rings. The fourth-order valence-corrected chi connectivity index (χ4v) is 4.53. The van der Waals surface area contributed by atoms with Crippen LogP contribution in [-0.2, 0) is 6.42 Å². The summed E-state index contributed by atoms with van der Waals surface area (Å²) in [5.74, 6) is 0. The highest BCUT2D eigenvalue weighted by Gasteiger charge is 2.56. The smallest absolute Gasteiger partial charge is 0.159 e. The van der Waals surface area contributed by atoms with Gasteiger partial charge in [0.25, 0.3) is 0 Å². The van der Waals surface area contributed by atoms with Crippen LogP contribution < -0.4 is 0 Å². The van der Waals surface area contributed by atoms with Crippen molar-refractivity contribution in [3.05, 3.63) is 35.4 Å². The third kappa shape index (κ3) is 1.70. The van der Waals surface area contributed by atoms with Gasteiger partial charge in [-0.2, -0.15) is 5.26 Å². The topological polar surface area (TPSA) is 47.6 Å². The zero-order chi connectivity index (χ0) is 13.5. The fraction of sp³-hybridized carbons (Fsp3) is 0.500. The number of fused-ring (bicyclic) bond motifs is 1. The zero-order valence-corrected chi connectivity index (χ0v) is 12.5. The first-order valence-electron chi connectivity index (χ1n) is 6.90. The minimum absolute atomic E-state index is 0.0918. The van der Waals surface area contributed by atoms with E-state index in [4.69, 9.17) is 5.41 Å². The van der Waals surface area contributed by atoms with Crippen molar-refractivity contribution in [2.45, 2.75) is 42.8 Å². The normalized spacial score (nSPS) is 28.7. The number of nitriles is 1. The van der Waals surface area contributed by atoms with E-state index in [1.54, 1.807) is 0 Å². The Bertz CT molecular complexity index is 566. The lowest BCUT2D eigenvalue weighted by atomic mass is 9.58. The molecule has 1 atom stereocenters. The van der Waals surface area contributed by atoms with Crippen molar-refractivity contribution in [2.75, 3.05) is 0 Å². The molecular weight excluding hydrogens is 300 g/mol. The molecule has 1 fully saturated rings. The Morgan fingerprint density at radius 3 is 2.53 bits per heavy atom. The largest absolute Gasteiger partial charge is 0.302 e. The van der Waals surface area contributed by atoms with Crippen molar-refractivity contribution in [3.63, 3.8) is 0 Å². The number of hydrogen-bond acceptors (Lipinski definition) is 2. The molecule has 0 amide bonds. The van der Waals surface area contributed by atoms with E-state index >= 15 is 0 Å². The Morgan fingerprint density at radius 1 is 1.16 bits per heavy atom. The van der Waals surface area contributed by atoms with E-state index in [2.05, 4.69) is 28.1 Å². The lowest BCUT2D eigenvalue weighted by Crippen LogP contribution is -2.54. The Hall–Kier alpha value is -1.14. The molecule has 2 aliphatic carbocycles. The molecular formula is C16H17BrN2. The summed E-state index contributed by atoms with van der Waals surface area (Å²) < 4.78 is -0.811. The van der Waals surface area contributed by atoms with Gasteiger partial charge in [-0.15, -0.1) is 0 Å². The van der Waals surface area contributed by atoms with Crippen molar-refractivity contribution >= 4 is 21.6 Å². The number of nitrogens with zero attached hydrogens (tertiary/aromatic N) is 1. The third-order valence-electron chi connectivity index (χ3n) is 4.86. The maximum atomic E-state index is 9.73. The molecule has 3 heteroatoms. The van der Waals surface area contributed by atoms with E-state index in [0.29, 0.717) is 5.71 Å². The van der Waals surface area contributed by atoms with Crippen LogP contribution in [-0.4, -0.2) is 10.0 Å². The first-order chi connectivity index (χ1) is 9.13. The maximum absolute atomic E-state index is 9.73. The molecule has 0 unspecified atom stereocenters. The van der Waals surface area contributed by atoms with Crippen LogP contribution in [0.4, 0.5) is 0 Å². The van der Waals surface area contributed by atoms with Crippen molar-refractivity contribution in [3.8, 4) is 6.07 Å². The fourth-order valence-electron chi connectivity index (χ4n) is 3.78. The highest BCUT2D eigenvalue weighted by Crippen LogP contribution is 2.55. The highest BCUT2D eigenvalue weighted by atomic mass is 79.9. The molecule has 0 radical (unpaired) electrons. The molecule has 0 bridgehead atoms. The zero-order valence-electron chi connectivity index (χ0n) is 10.9. The molecule has 0 saturated heterocycles. The summed E-state index contributed by atoms with van der Waals surface area (Å²) in [7, 11) is 0. The Balaban J connectivity index is 2.17. The predicted octanol–water partition coefficient (Wildman–Crippen LogP) is 4.22. The van der Waals surface area contributed by atoms with E-state index in [9.17, 15) is 5.26 Å². The van der Waals surface area contributed by atoms with Crippen LogP contribution in [0, 0.1) is 22.2 Å². The van der Waals surface area contributed by atoms with Crippen molar-refractivity contribution < 1.29 is 0 Å². The van der Waals surface area contributed by atoms with E-state index in [1.807, 2.05) is 18.2 Å². The number of nitrogens with one attached hydrogen (secondary N) is 1. The van der Waals surface area contributed by atoms with Gasteiger partial charge in [0, 0.05) is 11.0 Å². The van der Waals surface area contributed by atoms with Crippen molar-refractivity contribution in [1.29, 1.82) is 10.7 Å². The number of rotatable bonds is 0. The monoisotopic (exact) mass is 316 g/mol. The lowest BCUT2D eigenvalue weighted by molar-refractivity contribution is 0.177. The van der Waals surface area contributed by atoms with Gasteiger partial charge in [-0.05, 0) is 24.8 Å². The van der Waals surface area contributed by atoms with Gasteiger partial charge in [0.15, 0.2) is 4.32 Å². The minimum atomic E-state index is -0.811. The summed E-state index contributed by atoms with van der Waals surface area (Å²) in [6, 6.07) is 10.5. The molecule has 1 aromatic rings. The maximum Gasteiger partial charge on any atom is 0.159 e. The van der Waals surface area contributed by atoms with Gasteiger partial charge in [-0.25, -0.2) is 0 Å². The van der Waals surface area contributed by atoms with Gasteiger partial charge in [-0.1, -0.05) is 59.5 Å². The molecule has 1 N–H and O–H groups in total. The summed E-state index contributed by atoms with van der Waals surface area (Å²) in [6.07, 6.45) is 6.61. The molecule has 1 aromatic carbocycles. The van der Waals surface area contributed by atoms with E-state index in [1.165, 1.54) is 24.8 Å². The molecule has 0 aromatic heterocycles. The van der Waals surface area contributed by atoms with Crippen LogP contribution in [0.5, 0.6) is 0 Å². The Kier molecular flexibility index (Phi) is 3.02. The van der Waals surface area contributed by atoms with Crippen LogP contribution in [0.2, 0.25) is 0 Å². The highest BCUT2D eigenvalue weighted by molar-refractivity contribution is 9.10. The van der Waals surface area contributed by atoms with Crippen LogP contribution in [0.3, 0.4) is 0 Å². The van der Waals surface area contributed by atoms with Crippen LogP contribution in [0.1, 0.15) is 43.2 Å². The standard InChI is InChI=1S/C16H17BrN2/c17-16(11-18)14(19)13-7-3-2-6-12(13)10-15(16)8-4-1-5-9-15/h2-3,6-7,19H,1,4-5,8-10H2/t16-/m1/s1. The quantitative estimate of drug-likeness (QED) is 0.716. The van der Waals surface area contributed by atoms with Crippen molar-refractivity contribution in [1.82, 2.24) is 0 Å². The van der Waals surface area contributed by atoms with Gasteiger partial charge in [-0.3, -0.25) is 0 Å². The molecule has 1 spiro atoms. The van der Waals surface area contributed by atoms with E-state index in [0.717, 1.165) is 24.8 Å². The lowest BCUT2D eigenvalue weighted by Gasteiger charge is -2.49. The average molecular weight is 317 g/mol. The molecule has 19 heavy (non-hydrogen) atoms. The van der Waals surface area contributed by atoms with Gasteiger partial charge in [0.1, 0.15) is 0 Å². The van der Waals surface area contributed by atoms with Crippen molar-refractivity contribution in [2.24, 2.45) is 5.41 Å². The first kappa shape index (κ1) is 12.9. The summed E-state index contributed by atoms with van der Waals surface area (Å²) >= 11 is 3.66. The second-order valence-electron chi connectivity index (χ2n) is 5.82. The van der Waals surface area contributed by atoms with Crippen LogP contribution in [0.15, 0.2) is 24.3 Å². The first-order valence-corrected chi connectivity index (χ1v) is 7.70. The van der Waals surface area contributed by atoms with Gasteiger partial charge in [0.05, 0.1) is 11.8 Å². The number of benzene rings is 1. The predicted molar refractivity (Wildman–Crippen MR) is 79.8 cm³/mol. The Labute approximate surface area is 122 Å². The number of halogens is 1. The van der Waals surface area contributed by atoms with Crippen LogP contribution >= 0.6 is 15.9 Å². The molecule has 0 heterocycles. The third-order valence-corrected chi connectivity index (χ3v) is 6.27. The summed E-state index contributed by atoms with van der Waals surface area (Å²) in [5.41, 5.74) is 2.54. The SMILES string of the molecule is N#C[C@@]1(Br)C(=N)c2ccccc2CC12CCCCC2. The molecule has 98 valence electrons. The summed E-state index contributed by atoms with van der Waals surface area (Å²) in [6.45, 7) is 0. The molecule has 2 nitrogen and oxygen atoms in total. The number of alkyl halides is 1. The van der Waals surface area contributed by atoms with Crippen LogP contribution in [0.25, 0.3) is 0 Å². The second kappa shape index (κ2) is 4.45. The van der Waals surface area contributed by atoms with Gasteiger partial charge >= 0.3 is 0 Å².